The third-order valence-corrected chi connectivity index (χ3v) is 7.50. The van der Waals surface area contributed by atoms with Crippen molar-refractivity contribution in [3.05, 3.63) is 131 Å². The van der Waals surface area contributed by atoms with Gasteiger partial charge in [0.2, 0.25) is 5.91 Å². The Morgan fingerprint density at radius 2 is 1.52 bits per heavy atom. The minimum Gasteiger partial charge on any atom is -0.492 e. The van der Waals surface area contributed by atoms with Crippen molar-refractivity contribution in [2.45, 2.75) is 38.0 Å². The zero-order valence-corrected chi connectivity index (χ0v) is 23.9. The van der Waals surface area contributed by atoms with Gasteiger partial charge in [-0.05, 0) is 65.9 Å². The number of amides is 1. The van der Waals surface area contributed by atoms with Gasteiger partial charge in [-0.1, -0.05) is 86.6 Å². The third kappa shape index (κ3) is 8.20. The highest BCUT2D eigenvalue weighted by atomic mass is 32.2. The summed E-state index contributed by atoms with van der Waals surface area (Å²) < 4.78 is 6.01. The van der Waals surface area contributed by atoms with Gasteiger partial charge in [0.15, 0.2) is 5.78 Å². The molecule has 4 rings (SSSR count). The lowest BCUT2D eigenvalue weighted by Gasteiger charge is -2.14. The Hall–Kier alpha value is -4.09. The molecule has 0 saturated carbocycles. The van der Waals surface area contributed by atoms with E-state index < -0.39 is 0 Å². The molecular formula is C35H35NO3S. The second-order valence-electron chi connectivity index (χ2n) is 9.33. The van der Waals surface area contributed by atoms with Crippen molar-refractivity contribution >= 4 is 35.2 Å². The van der Waals surface area contributed by atoms with Crippen LogP contribution in [-0.2, 0) is 24.1 Å². The summed E-state index contributed by atoms with van der Waals surface area (Å²) in [5, 5.41) is 3.11. The number of carbonyl (C=O) groups excluding carboxylic acids is 2. The second kappa shape index (κ2) is 14.9. The smallest absolute Gasteiger partial charge is 0.228 e. The molecule has 4 aromatic carbocycles. The lowest BCUT2D eigenvalue weighted by atomic mass is 10.0. The molecule has 1 N–H and O–H groups in total. The van der Waals surface area contributed by atoms with E-state index in [2.05, 4.69) is 31.3 Å². The second-order valence-corrected chi connectivity index (χ2v) is 10.5. The zero-order valence-electron chi connectivity index (χ0n) is 23.1. The van der Waals surface area contributed by atoms with Gasteiger partial charge in [-0.2, -0.15) is 0 Å². The van der Waals surface area contributed by atoms with Gasteiger partial charge < -0.3 is 10.1 Å². The number of anilines is 1. The van der Waals surface area contributed by atoms with Gasteiger partial charge in [0.05, 0.1) is 13.0 Å². The normalized spacial score (nSPS) is 10.9. The Kier molecular flexibility index (Phi) is 10.8. The van der Waals surface area contributed by atoms with E-state index in [1.165, 1.54) is 4.90 Å². The fourth-order valence-corrected chi connectivity index (χ4v) is 5.20. The van der Waals surface area contributed by atoms with Crippen LogP contribution in [0.15, 0.2) is 108 Å². The molecule has 0 spiro atoms. The third-order valence-electron chi connectivity index (χ3n) is 6.53. The molecule has 0 fully saturated rings. The number of nitrogens with one attached hydrogen (secondary N) is 1. The number of hydrogen-bond acceptors (Lipinski definition) is 4. The lowest BCUT2D eigenvalue weighted by molar-refractivity contribution is -0.115. The SMILES string of the molecule is CCc1cccc(CC)c1NC(=O)Cc1cccc(C(=O)C=Cc2ccccc2OCCSc2ccccc2)c1. The van der Waals surface area contributed by atoms with Crippen LogP contribution < -0.4 is 10.1 Å². The molecule has 4 aromatic rings. The quantitative estimate of drug-likeness (QED) is 0.0793. The topological polar surface area (TPSA) is 55.4 Å². The predicted molar refractivity (Wildman–Crippen MR) is 166 cm³/mol. The molecule has 0 heterocycles. The molecule has 4 nitrogen and oxygen atoms in total. The minimum atomic E-state index is -0.124. The van der Waals surface area contributed by atoms with E-state index in [0.717, 1.165) is 52.3 Å². The van der Waals surface area contributed by atoms with Crippen LogP contribution in [-0.4, -0.2) is 24.1 Å². The molecule has 0 saturated heterocycles. The number of aryl methyl sites for hydroxylation is 2. The van der Waals surface area contributed by atoms with Crippen LogP contribution in [0.4, 0.5) is 5.69 Å². The summed E-state index contributed by atoms with van der Waals surface area (Å²) >= 11 is 1.74. The molecule has 0 aromatic heterocycles. The van der Waals surface area contributed by atoms with Crippen LogP contribution in [0.3, 0.4) is 0 Å². The average molecular weight is 550 g/mol. The predicted octanol–water partition coefficient (Wildman–Crippen LogP) is 8.06. The highest BCUT2D eigenvalue weighted by Crippen LogP contribution is 2.24. The number of benzene rings is 4. The summed E-state index contributed by atoms with van der Waals surface area (Å²) in [7, 11) is 0. The van der Waals surface area contributed by atoms with E-state index in [0.29, 0.717) is 12.2 Å². The molecule has 204 valence electrons. The van der Waals surface area contributed by atoms with Crippen LogP contribution in [0.1, 0.15) is 46.5 Å². The van der Waals surface area contributed by atoms with Crippen molar-refractivity contribution in [2.24, 2.45) is 0 Å². The number of hydrogen-bond donors (Lipinski definition) is 1. The molecule has 0 aliphatic rings. The number of ether oxygens (including phenoxy) is 1. The average Bonchev–Trinajstić information content (AvgIpc) is 2.99. The molecule has 0 unspecified atom stereocenters. The number of para-hydroxylation sites is 2. The fraction of sp³-hybridized carbons (Fsp3) is 0.200. The monoisotopic (exact) mass is 549 g/mol. The van der Waals surface area contributed by atoms with E-state index in [1.807, 2.05) is 72.8 Å². The number of allylic oxidation sites excluding steroid dienone is 1. The molecule has 1 amide bonds. The Labute approximate surface area is 241 Å². The first kappa shape index (κ1) is 28.9. The van der Waals surface area contributed by atoms with Gasteiger partial charge in [-0.25, -0.2) is 0 Å². The van der Waals surface area contributed by atoms with Crippen LogP contribution in [0.5, 0.6) is 5.75 Å². The van der Waals surface area contributed by atoms with Crippen molar-refractivity contribution in [3.8, 4) is 5.75 Å². The van der Waals surface area contributed by atoms with Crippen molar-refractivity contribution in [1.29, 1.82) is 0 Å². The summed E-state index contributed by atoms with van der Waals surface area (Å²) in [6, 6.07) is 31.3. The Morgan fingerprint density at radius 1 is 0.825 bits per heavy atom. The van der Waals surface area contributed by atoms with Crippen LogP contribution >= 0.6 is 11.8 Å². The highest BCUT2D eigenvalue weighted by molar-refractivity contribution is 7.99. The van der Waals surface area contributed by atoms with Crippen molar-refractivity contribution < 1.29 is 14.3 Å². The van der Waals surface area contributed by atoms with Crippen LogP contribution in [0.25, 0.3) is 6.08 Å². The Balaban J connectivity index is 1.36. The standard InChI is InChI=1S/C35H35NO3S/c1-3-27-14-11-15-28(4-2)35(27)36-34(38)25-26-12-10-16-30(24-26)32(37)21-20-29-13-8-9-19-33(29)39-22-23-40-31-17-6-5-7-18-31/h5-21,24H,3-4,22-23,25H2,1-2H3,(H,36,38). The number of ketones is 1. The largest absolute Gasteiger partial charge is 0.492 e. The summed E-state index contributed by atoms with van der Waals surface area (Å²) in [6.45, 7) is 4.73. The molecule has 0 radical (unpaired) electrons. The fourth-order valence-electron chi connectivity index (χ4n) is 4.45. The van der Waals surface area contributed by atoms with Crippen molar-refractivity contribution in [2.75, 3.05) is 17.7 Å². The summed E-state index contributed by atoms with van der Waals surface area (Å²) in [5.41, 5.74) is 5.34. The Morgan fingerprint density at radius 3 is 2.27 bits per heavy atom. The number of carbonyl (C=O) groups is 2. The summed E-state index contributed by atoms with van der Waals surface area (Å²) in [4.78, 5) is 27.1. The summed E-state index contributed by atoms with van der Waals surface area (Å²) in [5.74, 6) is 1.35. The van der Waals surface area contributed by atoms with Gasteiger partial charge in [-0.3, -0.25) is 9.59 Å². The van der Waals surface area contributed by atoms with Gasteiger partial charge in [0, 0.05) is 27.5 Å². The molecule has 0 aliphatic carbocycles. The molecule has 40 heavy (non-hydrogen) atoms. The Bertz CT molecular complexity index is 1440. The van der Waals surface area contributed by atoms with Gasteiger partial charge in [-0.15, -0.1) is 11.8 Å². The molecule has 0 atom stereocenters. The van der Waals surface area contributed by atoms with Crippen molar-refractivity contribution in [3.63, 3.8) is 0 Å². The first-order valence-corrected chi connectivity index (χ1v) is 14.7. The minimum absolute atomic E-state index is 0.0905. The van der Waals surface area contributed by atoms with Crippen LogP contribution in [0.2, 0.25) is 0 Å². The van der Waals surface area contributed by atoms with Gasteiger partial charge in [0.1, 0.15) is 5.75 Å². The molecule has 0 aliphatic heterocycles. The van der Waals surface area contributed by atoms with Gasteiger partial charge >= 0.3 is 0 Å². The lowest BCUT2D eigenvalue weighted by Crippen LogP contribution is -2.17. The van der Waals surface area contributed by atoms with Gasteiger partial charge in [0.25, 0.3) is 0 Å². The maximum absolute atomic E-state index is 13.0. The van der Waals surface area contributed by atoms with Crippen LogP contribution in [0, 0.1) is 0 Å². The molecular weight excluding hydrogens is 514 g/mol. The number of rotatable bonds is 13. The number of thioether (sulfide) groups is 1. The summed E-state index contributed by atoms with van der Waals surface area (Å²) in [6.07, 6.45) is 5.24. The van der Waals surface area contributed by atoms with E-state index in [-0.39, 0.29) is 18.1 Å². The zero-order chi connectivity index (χ0) is 28.2. The van der Waals surface area contributed by atoms with E-state index >= 15 is 0 Å². The highest BCUT2D eigenvalue weighted by Gasteiger charge is 2.12. The van der Waals surface area contributed by atoms with E-state index in [4.69, 9.17) is 4.74 Å². The maximum Gasteiger partial charge on any atom is 0.228 e. The van der Waals surface area contributed by atoms with E-state index in [9.17, 15) is 9.59 Å². The first-order chi connectivity index (χ1) is 19.6. The molecule has 0 bridgehead atoms. The van der Waals surface area contributed by atoms with Crippen molar-refractivity contribution in [1.82, 2.24) is 0 Å². The maximum atomic E-state index is 13.0. The van der Waals surface area contributed by atoms with E-state index in [1.54, 1.807) is 36.0 Å². The first-order valence-electron chi connectivity index (χ1n) is 13.7. The molecule has 5 heteroatoms.